The fraction of sp³-hybridized carbons (Fsp3) is 0.571. The Bertz CT molecular complexity index is 201. The van der Waals surface area contributed by atoms with E-state index in [4.69, 9.17) is 5.11 Å². The van der Waals surface area contributed by atoms with E-state index >= 15 is 0 Å². The van der Waals surface area contributed by atoms with E-state index < -0.39 is 5.97 Å². The molecule has 1 aliphatic heterocycles. The number of nitrogens with zero attached hydrogens (tertiary/aromatic N) is 1. The number of hydrogen-bond acceptors (Lipinski definition) is 3. The number of nitrogens with one attached hydrogen (secondary N) is 1. The van der Waals surface area contributed by atoms with Crippen LogP contribution in [-0.4, -0.2) is 28.7 Å². The third-order valence-corrected chi connectivity index (χ3v) is 1.59. The van der Waals surface area contributed by atoms with Crippen LogP contribution in [0.1, 0.15) is 13.8 Å². The summed E-state index contributed by atoms with van der Waals surface area (Å²) in [5, 5.41) is 10.3. The first-order chi connectivity index (χ1) is 5.15. The van der Waals surface area contributed by atoms with Crippen molar-refractivity contribution in [2.45, 2.75) is 19.9 Å². The molecule has 4 heteroatoms. The van der Waals surface area contributed by atoms with Gasteiger partial charge in [0, 0.05) is 12.6 Å². The third kappa shape index (κ3) is 1.51. The van der Waals surface area contributed by atoms with Gasteiger partial charge in [-0.25, -0.2) is 10.2 Å². The van der Waals surface area contributed by atoms with Gasteiger partial charge in [-0.15, -0.1) is 0 Å². The van der Waals surface area contributed by atoms with E-state index in [2.05, 4.69) is 5.43 Å². The van der Waals surface area contributed by atoms with E-state index in [1.54, 1.807) is 11.1 Å². The van der Waals surface area contributed by atoms with Gasteiger partial charge in [0.1, 0.15) is 5.70 Å². The Labute approximate surface area is 65.5 Å². The largest absolute Gasteiger partial charge is 0.477 e. The summed E-state index contributed by atoms with van der Waals surface area (Å²) in [6.45, 7) is 4.49. The summed E-state index contributed by atoms with van der Waals surface area (Å²) in [6.07, 6.45) is 1.70. The molecule has 1 unspecified atom stereocenters. The van der Waals surface area contributed by atoms with Crippen LogP contribution >= 0.6 is 0 Å². The predicted molar refractivity (Wildman–Crippen MR) is 40.7 cm³/mol. The maximum absolute atomic E-state index is 10.6. The molecule has 0 amide bonds. The van der Waals surface area contributed by atoms with Crippen molar-refractivity contribution in [1.29, 1.82) is 0 Å². The molecule has 4 nitrogen and oxygen atoms in total. The molecule has 0 aliphatic carbocycles. The highest BCUT2D eigenvalue weighted by Gasteiger charge is 2.22. The number of aliphatic carboxylic acids is 1. The zero-order valence-electron chi connectivity index (χ0n) is 6.66. The van der Waals surface area contributed by atoms with Crippen molar-refractivity contribution in [2.75, 3.05) is 6.54 Å². The van der Waals surface area contributed by atoms with Gasteiger partial charge in [-0.3, -0.25) is 0 Å². The minimum atomic E-state index is -0.872. The number of hydrogen-bond donors (Lipinski definition) is 2. The van der Waals surface area contributed by atoms with Crippen LogP contribution in [0.5, 0.6) is 0 Å². The molecule has 0 bridgehead atoms. The van der Waals surface area contributed by atoms with E-state index in [9.17, 15) is 4.79 Å². The number of likely N-dealkylation sites (N-methyl/N-ethyl adjacent to an activating group) is 1. The maximum atomic E-state index is 10.6. The lowest BCUT2D eigenvalue weighted by Crippen LogP contribution is -2.37. The number of rotatable bonds is 2. The Kier molecular flexibility index (Phi) is 2.14. The fourth-order valence-electron chi connectivity index (χ4n) is 1.13. The average molecular weight is 156 g/mol. The molecule has 0 saturated carbocycles. The van der Waals surface area contributed by atoms with Gasteiger partial charge in [0.05, 0.1) is 0 Å². The fourth-order valence-corrected chi connectivity index (χ4v) is 1.13. The standard InChI is InChI=1S/C7H12N2O2/c1-3-9-6(7(10)11)4-5(2)8-9/h4-5,8H,3H2,1-2H3,(H,10,11). The number of carboxylic acids is 1. The molecule has 1 atom stereocenters. The van der Waals surface area contributed by atoms with Gasteiger partial charge in [-0.2, -0.15) is 0 Å². The summed E-state index contributed by atoms with van der Waals surface area (Å²) in [5.41, 5.74) is 3.34. The third-order valence-electron chi connectivity index (χ3n) is 1.59. The van der Waals surface area contributed by atoms with Gasteiger partial charge in [-0.1, -0.05) is 0 Å². The van der Waals surface area contributed by atoms with Gasteiger partial charge in [0.15, 0.2) is 0 Å². The molecular weight excluding hydrogens is 144 g/mol. The zero-order chi connectivity index (χ0) is 8.43. The van der Waals surface area contributed by atoms with Crippen LogP contribution in [0.25, 0.3) is 0 Å². The molecular formula is C7H12N2O2. The van der Waals surface area contributed by atoms with Crippen LogP contribution in [0.4, 0.5) is 0 Å². The molecule has 0 fully saturated rings. The molecule has 2 N–H and O–H groups in total. The molecule has 0 aromatic heterocycles. The second-order valence-corrected chi connectivity index (χ2v) is 2.52. The van der Waals surface area contributed by atoms with Crippen molar-refractivity contribution in [3.05, 3.63) is 11.8 Å². The Morgan fingerprint density at radius 2 is 2.55 bits per heavy atom. The highest BCUT2D eigenvalue weighted by Crippen LogP contribution is 2.10. The first-order valence-corrected chi connectivity index (χ1v) is 3.64. The molecule has 0 radical (unpaired) electrons. The summed E-state index contributed by atoms with van der Waals surface area (Å²) >= 11 is 0. The van der Waals surface area contributed by atoms with E-state index in [0.717, 1.165) is 0 Å². The molecule has 1 rings (SSSR count). The van der Waals surface area contributed by atoms with Crippen molar-refractivity contribution < 1.29 is 9.90 Å². The van der Waals surface area contributed by atoms with Gasteiger partial charge in [-0.05, 0) is 19.9 Å². The molecule has 11 heavy (non-hydrogen) atoms. The second kappa shape index (κ2) is 2.92. The summed E-state index contributed by atoms with van der Waals surface area (Å²) in [4.78, 5) is 10.6. The molecule has 0 aromatic carbocycles. The SMILES string of the molecule is CCN1NC(C)C=C1C(=O)O. The van der Waals surface area contributed by atoms with Crippen LogP contribution in [0.15, 0.2) is 11.8 Å². The minimum absolute atomic E-state index is 0.126. The topological polar surface area (TPSA) is 52.6 Å². The summed E-state index contributed by atoms with van der Waals surface area (Å²) in [7, 11) is 0. The minimum Gasteiger partial charge on any atom is -0.477 e. The predicted octanol–water partition coefficient (Wildman–Crippen LogP) is 0.183. The quantitative estimate of drug-likeness (QED) is 0.599. The lowest BCUT2D eigenvalue weighted by atomic mass is 10.3. The second-order valence-electron chi connectivity index (χ2n) is 2.52. The van der Waals surface area contributed by atoms with E-state index in [1.807, 2.05) is 13.8 Å². The van der Waals surface area contributed by atoms with E-state index in [1.165, 1.54) is 0 Å². The molecule has 62 valence electrons. The molecule has 0 spiro atoms. The van der Waals surface area contributed by atoms with Crippen molar-refractivity contribution in [2.24, 2.45) is 0 Å². The van der Waals surface area contributed by atoms with Crippen LogP contribution in [0.3, 0.4) is 0 Å². The average Bonchev–Trinajstić information content (AvgIpc) is 2.30. The van der Waals surface area contributed by atoms with Crippen molar-refractivity contribution >= 4 is 5.97 Å². The summed E-state index contributed by atoms with van der Waals surface area (Å²) in [6, 6.07) is 0.126. The molecule has 1 aliphatic rings. The van der Waals surface area contributed by atoms with Crippen LogP contribution in [-0.2, 0) is 4.79 Å². The Hall–Kier alpha value is -1.03. The van der Waals surface area contributed by atoms with Crippen LogP contribution in [0, 0.1) is 0 Å². The first-order valence-electron chi connectivity index (χ1n) is 3.64. The van der Waals surface area contributed by atoms with Crippen molar-refractivity contribution in [3.8, 4) is 0 Å². The highest BCUT2D eigenvalue weighted by molar-refractivity contribution is 5.86. The number of carboxylic acid groups (broad SMARTS) is 1. The van der Waals surface area contributed by atoms with E-state index in [-0.39, 0.29) is 6.04 Å². The number of hydrazine groups is 1. The van der Waals surface area contributed by atoms with Crippen molar-refractivity contribution in [1.82, 2.24) is 10.4 Å². The lowest BCUT2D eigenvalue weighted by molar-refractivity contribution is -0.134. The zero-order valence-corrected chi connectivity index (χ0v) is 6.66. The Morgan fingerprint density at radius 3 is 2.91 bits per heavy atom. The monoisotopic (exact) mass is 156 g/mol. The summed E-state index contributed by atoms with van der Waals surface area (Å²) < 4.78 is 0. The Balaban J connectivity index is 2.74. The van der Waals surface area contributed by atoms with Crippen LogP contribution in [0.2, 0.25) is 0 Å². The van der Waals surface area contributed by atoms with E-state index in [0.29, 0.717) is 12.2 Å². The number of carbonyl (C=O) groups is 1. The van der Waals surface area contributed by atoms with Crippen molar-refractivity contribution in [3.63, 3.8) is 0 Å². The van der Waals surface area contributed by atoms with Crippen LogP contribution < -0.4 is 5.43 Å². The maximum Gasteiger partial charge on any atom is 0.353 e. The first kappa shape index (κ1) is 8.07. The molecule has 1 heterocycles. The smallest absolute Gasteiger partial charge is 0.353 e. The lowest BCUT2D eigenvalue weighted by Gasteiger charge is -2.18. The molecule has 0 aromatic rings. The van der Waals surface area contributed by atoms with Gasteiger partial charge in [0.2, 0.25) is 0 Å². The van der Waals surface area contributed by atoms with Gasteiger partial charge >= 0.3 is 5.97 Å². The molecule has 0 saturated heterocycles. The summed E-state index contributed by atoms with van der Waals surface area (Å²) in [5.74, 6) is -0.872. The van der Waals surface area contributed by atoms with Gasteiger partial charge in [0.25, 0.3) is 0 Å². The highest BCUT2D eigenvalue weighted by atomic mass is 16.4. The normalized spacial score (nSPS) is 23.6. The van der Waals surface area contributed by atoms with Gasteiger partial charge < -0.3 is 10.1 Å². The Morgan fingerprint density at radius 1 is 1.91 bits per heavy atom.